The summed E-state index contributed by atoms with van der Waals surface area (Å²) in [4.78, 5) is 38.2. The van der Waals surface area contributed by atoms with Crippen molar-refractivity contribution in [3.05, 3.63) is 29.7 Å². The third-order valence-corrected chi connectivity index (χ3v) is 4.74. The van der Waals surface area contributed by atoms with Gasteiger partial charge in [-0.2, -0.15) is 0 Å². The van der Waals surface area contributed by atoms with Crippen molar-refractivity contribution < 1.29 is 25.0 Å². The lowest BCUT2D eigenvalue weighted by Crippen LogP contribution is -2.56. The van der Waals surface area contributed by atoms with E-state index in [-0.39, 0.29) is 17.7 Å². The molecule has 0 aromatic heterocycles. The number of carbonyl (C=O) groups is 3. The van der Waals surface area contributed by atoms with Crippen LogP contribution < -0.4 is 11.1 Å². The second-order valence-corrected chi connectivity index (χ2v) is 7.26. The lowest BCUT2D eigenvalue weighted by Gasteiger charge is -2.41. The molecule has 2 aliphatic heterocycles. The van der Waals surface area contributed by atoms with Crippen LogP contribution in [0.4, 0.5) is 10.5 Å². The zero-order valence-electron chi connectivity index (χ0n) is 17.6. The number of nitrogens with one attached hydrogen (secondary N) is 1. The normalized spacial score (nSPS) is 31.1. The van der Waals surface area contributed by atoms with Crippen molar-refractivity contribution in [1.82, 2.24) is 4.90 Å². The van der Waals surface area contributed by atoms with Gasteiger partial charge in [0.2, 0.25) is 11.8 Å². The van der Waals surface area contributed by atoms with E-state index in [0.717, 1.165) is 4.90 Å². The number of amides is 3. The molecule has 0 radical (unpaired) electrons. The van der Waals surface area contributed by atoms with Gasteiger partial charge in [-0.3, -0.25) is 14.5 Å². The van der Waals surface area contributed by atoms with Gasteiger partial charge < -0.3 is 16.2 Å². The van der Waals surface area contributed by atoms with Gasteiger partial charge in [0.05, 0.1) is 16.9 Å². The number of nitrogens with zero attached hydrogens (tertiary/aromatic N) is 1. The minimum Gasteiger partial charge on any atom is -0.465 e. The van der Waals surface area contributed by atoms with Gasteiger partial charge in [-0.25, -0.2) is 4.79 Å². The molecule has 7 heteroatoms. The van der Waals surface area contributed by atoms with E-state index in [9.17, 15) is 19.5 Å². The van der Waals surface area contributed by atoms with Crippen LogP contribution in [0.5, 0.6) is 0 Å². The Hall–Kier alpha value is -2.57. The van der Waals surface area contributed by atoms with Crippen LogP contribution >= 0.6 is 0 Å². The molecule has 0 saturated carbocycles. The Morgan fingerprint density at radius 1 is 1.42 bits per heavy atom. The van der Waals surface area contributed by atoms with Crippen molar-refractivity contribution in [1.29, 1.82) is 0 Å². The summed E-state index contributed by atoms with van der Waals surface area (Å²) in [6.45, 7) is 5.11. The number of benzene rings is 1. The first kappa shape index (κ1) is 11.9. The van der Waals surface area contributed by atoms with Crippen LogP contribution in [0.15, 0.2) is 24.2 Å². The van der Waals surface area contributed by atoms with Crippen LogP contribution in [0.1, 0.15) is 38.2 Å². The summed E-state index contributed by atoms with van der Waals surface area (Å²) in [6, 6.07) is -4.27. The molecular formula is C17H21N3O4. The minimum absolute atomic E-state index is 0.0153. The predicted octanol–water partition coefficient (Wildman–Crippen LogP) is 1.53. The Labute approximate surface area is 145 Å². The maximum Gasteiger partial charge on any atom is 0.408 e. The number of nitrogens with two attached hydrogens (primary N) is 1. The Bertz CT molecular complexity index is 930. The lowest BCUT2D eigenvalue weighted by molar-refractivity contribution is -0.123. The van der Waals surface area contributed by atoms with Crippen LogP contribution in [-0.4, -0.2) is 40.0 Å². The molecule has 1 saturated heterocycles. The zero-order chi connectivity index (χ0) is 21.3. The van der Waals surface area contributed by atoms with Gasteiger partial charge in [-0.05, 0) is 23.4 Å². The van der Waals surface area contributed by atoms with E-state index in [4.69, 9.17) is 11.2 Å². The third-order valence-electron chi connectivity index (χ3n) is 4.74. The number of carbonyl (C=O) groups excluding carboxylic acids is 2. The van der Waals surface area contributed by atoms with Gasteiger partial charge in [-0.15, -0.1) is 0 Å². The molecule has 24 heavy (non-hydrogen) atoms. The maximum atomic E-state index is 13.2. The van der Waals surface area contributed by atoms with Gasteiger partial charge in [-0.1, -0.05) is 38.9 Å². The highest BCUT2D eigenvalue weighted by Crippen LogP contribution is 2.54. The predicted molar refractivity (Wildman–Crippen MR) is 87.5 cm³/mol. The highest BCUT2D eigenvalue weighted by atomic mass is 16.4. The maximum absolute atomic E-state index is 13.2. The Morgan fingerprint density at radius 2 is 2.04 bits per heavy atom. The number of hydrogen-bond acceptors (Lipinski definition) is 3. The average Bonchev–Trinajstić information content (AvgIpc) is 3.08. The number of hydrogen-bond donors (Lipinski definition) is 3. The summed E-state index contributed by atoms with van der Waals surface area (Å²) in [7, 11) is 0. The molecule has 128 valence electrons. The molecular weight excluding hydrogens is 310 g/mol. The minimum atomic E-state index is -1.66. The third kappa shape index (κ3) is 2.00. The number of fused-ring (bicyclic) bond motifs is 2. The number of rotatable bonds is 1. The van der Waals surface area contributed by atoms with E-state index in [1.165, 1.54) is 0 Å². The van der Waals surface area contributed by atoms with E-state index in [2.05, 4.69) is 5.32 Å². The van der Waals surface area contributed by atoms with Crippen LogP contribution in [0.2, 0.25) is 0 Å². The fourth-order valence-electron chi connectivity index (χ4n) is 4.11. The SMILES string of the molecule is [2H]c1c([2H])c([2H])c2c(c1[2H])NC(=O)[C@]21C[C@@H](C(N)=O)N(C(=O)O)C1C(C)(C)C. The van der Waals surface area contributed by atoms with Gasteiger partial charge in [0, 0.05) is 5.69 Å². The summed E-state index contributed by atoms with van der Waals surface area (Å²) in [5.74, 6) is -1.58. The van der Waals surface area contributed by atoms with Crippen molar-refractivity contribution in [3.63, 3.8) is 0 Å². The smallest absolute Gasteiger partial charge is 0.408 e. The molecule has 3 rings (SSSR count). The van der Waals surface area contributed by atoms with Crippen molar-refractivity contribution in [3.8, 4) is 0 Å². The first-order valence-electron chi connectivity index (χ1n) is 9.49. The fourth-order valence-corrected chi connectivity index (χ4v) is 4.11. The van der Waals surface area contributed by atoms with Crippen molar-refractivity contribution in [2.45, 2.75) is 44.7 Å². The van der Waals surface area contributed by atoms with Crippen molar-refractivity contribution in [2.75, 3.05) is 5.32 Å². The molecule has 3 atom stereocenters. The number of likely N-dealkylation sites (tertiary alicyclic amines) is 1. The molecule has 7 nitrogen and oxygen atoms in total. The van der Waals surface area contributed by atoms with Gasteiger partial charge in [0.25, 0.3) is 0 Å². The van der Waals surface area contributed by atoms with Crippen molar-refractivity contribution >= 4 is 23.6 Å². The first-order chi connectivity index (χ1) is 12.8. The Kier molecular flexibility index (Phi) is 2.46. The lowest BCUT2D eigenvalue weighted by atomic mass is 9.66. The molecule has 3 amide bonds. The van der Waals surface area contributed by atoms with E-state index in [1.54, 1.807) is 20.8 Å². The molecule has 0 bridgehead atoms. The van der Waals surface area contributed by atoms with E-state index in [1.807, 2.05) is 0 Å². The number of primary amides is 1. The van der Waals surface area contributed by atoms with Gasteiger partial charge in [0.15, 0.2) is 0 Å². The Morgan fingerprint density at radius 3 is 2.58 bits per heavy atom. The molecule has 0 aliphatic carbocycles. The molecule has 4 N–H and O–H groups in total. The van der Waals surface area contributed by atoms with Crippen LogP contribution in [0.25, 0.3) is 0 Å². The topological polar surface area (TPSA) is 113 Å². The summed E-state index contributed by atoms with van der Waals surface area (Å²) >= 11 is 0. The van der Waals surface area contributed by atoms with E-state index >= 15 is 0 Å². The summed E-state index contributed by atoms with van der Waals surface area (Å²) in [5.41, 5.74) is 2.83. The highest BCUT2D eigenvalue weighted by Gasteiger charge is 2.66. The second-order valence-electron chi connectivity index (χ2n) is 7.26. The highest BCUT2D eigenvalue weighted by molar-refractivity contribution is 6.08. The van der Waals surface area contributed by atoms with Crippen LogP contribution in [-0.2, 0) is 15.0 Å². The molecule has 1 spiro atoms. The van der Waals surface area contributed by atoms with E-state index < -0.39 is 65.0 Å². The standard InChI is InChI=1S/C17H21N3O4/c1-16(2,3)13-17(8-11(12(18)21)20(13)15(23)24)9-6-4-5-7-10(9)19-14(17)22/h4-7,11,13H,8H2,1-3H3,(H2,18,21)(H,19,22)(H,23,24)/t11-,13?,17+/m0/s1/i4D,5D,6D,7D. The largest absolute Gasteiger partial charge is 0.465 e. The first-order valence-corrected chi connectivity index (χ1v) is 7.49. The molecule has 1 fully saturated rings. The molecule has 2 aliphatic rings. The Balaban J connectivity index is 2.42. The monoisotopic (exact) mass is 335 g/mol. The van der Waals surface area contributed by atoms with Crippen molar-refractivity contribution in [2.24, 2.45) is 11.1 Å². The molecule has 1 aromatic carbocycles. The summed E-state index contributed by atoms with van der Waals surface area (Å²) in [5, 5.41) is 12.3. The quantitative estimate of drug-likeness (QED) is 0.722. The van der Waals surface area contributed by atoms with Gasteiger partial charge in [0.1, 0.15) is 6.04 Å². The van der Waals surface area contributed by atoms with E-state index in [0.29, 0.717) is 0 Å². The van der Waals surface area contributed by atoms with Crippen LogP contribution in [0.3, 0.4) is 0 Å². The second kappa shape index (κ2) is 4.96. The summed E-state index contributed by atoms with van der Waals surface area (Å²) in [6.07, 6.45) is -1.72. The number of para-hydroxylation sites is 1. The molecule has 2 heterocycles. The molecule has 1 aromatic rings. The average molecular weight is 335 g/mol. The van der Waals surface area contributed by atoms with Gasteiger partial charge >= 0.3 is 6.09 Å². The fraction of sp³-hybridized carbons (Fsp3) is 0.471. The number of anilines is 1. The molecule has 1 unspecified atom stereocenters. The zero-order valence-corrected chi connectivity index (χ0v) is 13.6. The number of carboxylic acid groups (broad SMARTS) is 1. The van der Waals surface area contributed by atoms with Crippen LogP contribution in [0, 0.1) is 5.41 Å². The summed E-state index contributed by atoms with van der Waals surface area (Å²) < 4.78 is 32.3.